The van der Waals surface area contributed by atoms with Gasteiger partial charge in [-0.25, -0.2) is 9.97 Å². The molecule has 1 amide bonds. The molecule has 4 rings (SSSR count). The van der Waals surface area contributed by atoms with E-state index in [4.69, 9.17) is 4.52 Å². The highest BCUT2D eigenvalue weighted by Gasteiger charge is 2.22. The van der Waals surface area contributed by atoms with Gasteiger partial charge >= 0.3 is 0 Å². The summed E-state index contributed by atoms with van der Waals surface area (Å²) in [4.78, 5) is 25.5. The molecule has 1 aromatic carbocycles. The maximum Gasteiger partial charge on any atom is 0.252 e. The van der Waals surface area contributed by atoms with Crippen molar-refractivity contribution < 1.29 is 9.32 Å². The molecule has 31 heavy (non-hydrogen) atoms. The van der Waals surface area contributed by atoms with Gasteiger partial charge in [0.2, 0.25) is 17.6 Å². The fourth-order valence-corrected chi connectivity index (χ4v) is 2.88. The third-order valence-corrected chi connectivity index (χ3v) is 4.55. The van der Waals surface area contributed by atoms with E-state index in [0.29, 0.717) is 29.9 Å². The Hall–Kier alpha value is -3.88. The van der Waals surface area contributed by atoms with Gasteiger partial charge in [-0.05, 0) is 6.07 Å². The normalized spacial score (nSPS) is 11.5. The Kier molecular flexibility index (Phi) is 5.57. The van der Waals surface area contributed by atoms with Crippen molar-refractivity contribution in [3.63, 3.8) is 0 Å². The fraction of sp³-hybridized carbons (Fsp3) is 0.273. The molecule has 0 saturated heterocycles. The third kappa shape index (κ3) is 4.82. The Bertz CT molecular complexity index is 1160. The molecule has 1 N–H and O–H groups in total. The van der Waals surface area contributed by atoms with Gasteiger partial charge in [0, 0.05) is 42.3 Å². The molecule has 0 saturated carbocycles. The summed E-state index contributed by atoms with van der Waals surface area (Å²) in [5.41, 5.74) is 1.49. The molecule has 0 unspecified atom stereocenters. The highest BCUT2D eigenvalue weighted by atomic mass is 16.5. The highest BCUT2D eigenvalue weighted by molar-refractivity contribution is 5.90. The van der Waals surface area contributed by atoms with E-state index in [-0.39, 0.29) is 17.7 Å². The molecule has 0 aliphatic heterocycles. The average Bonchev–Trinajstić information content (AvgIpc) is 3.41. The van der Waals surface area contributed by atoms with Crippen LogP contribution in [0.25, 0.3) is 17.3 Å². The first-order valence-electron chi connectivity index (χ1n) is 9.96. The number of aryl methyl sites for hydroxylation is 1. The van der Waals surface area contributed by atoms with Crippen LogP contribution in [-0.2, 0) is 16.6 Å². The summed E-state index contributed by atoms with van der Waals surface area (Å²) in [7, 11) is 0. The molecule has 0 fully saturated rings. The predicted molar refractivity (Wildman–Crippen MR) is 115 cm³/mol. The van der Waals surface area contributed by atoms with Gasteiger partial charge < -0.3 is 9.84 Å². The molecule has 4 aromatic rings. The Morgan fingerprint density at radius 3 is 2.55 bits per heavy atom. The van der Waals surface area contributed by atoms with Crippen molar-refractivity contribution in [1.29, 1.82) is 0 Å². The van der Waals surface area contributed by atoms with E-state index in [1.165, 1.54) is 0 Å². The van der Waals surface area contributed by atoms with Crippen molar-refractivity contribution in [3.8, 4) is 17.3 Å². The summed E-state index contributed by atoms with van der Waals surface area (Å²) in [6.45, 7) is 6.16. The number of hydrogen-bond donors (Lipinski definition) is 1. The zero-order valence-electron chi connectivity index (χ0n) is 17.6. The number of nitrogens with one attached hydrogen (secondary N) is 1. The molecular weight excluding hydrogens is 394 g/mol. The average molecular weight is 417 g/mol. The van der Waals surface area contributed by atoms with Gasteiger partial charge in [-0.1, -0.05) is 56.3 Å². The maximum atomic E-state index is 12.6. The van der Waals surface area contributed by atoms with Crippen molar-refractivity contribution in [1.82, 2.24) is 29.9 Å². The second kappa shape index (κ2) is 8.47. The second-order valence-corrected chi connectivity index (χ2v) is 8.05. The Morgan fingerprint density at radius 1 is 1.10 bits per heavy atom. The molecule has 9 nitrogen and oxygen atoms in total. The minimum Gasteiger partial charge on any atom is -0.339 e. The number of aromatic nitrogens is 6. The number of benzene rings is 1. The molecule has 9 heteroatoms. The van der Waals surface area contributed by atoms with E-state index in [0.717, 1.165) is 11.3 Å². The maximum absolute atomic E-state index is 12.6. The van der Waals surface area contributed by atoms with E-state index >= 15 is 0 Å². The first-order valence-corrected chi connectivity index (χ1v) is 9.96. The second-order valence-electron chi connectivity index (χ2n) is 8.05. The summed E-state index contributed by atoms with van der Waals surface area (Å²) in [5.74, 6) is 1.61. The third-order valence-electron chi connectivity index (χ3n) is 4.55. The predicted octanol–water partition coefficient (Wildman–Crippen LogP) is 3.58. The van der Waals surface area contributed by atoms with Gasteiger partial charge in [-0.3, -0.25) is 4.79 Å². The van der Waals surface area contributed by atoms with Gasteiger partial charge in [-0.2, -0.15) is 14.8 Å². The Labute approximate surface area is 179 Å². The molecule has 0 radical (unpaired) electrons. The van der Waals surface area contributed by atoms with Crippen LogP contribution in [0.1, 0.15) is 38.8 Å². The van der Waals surface area contributed by atoms with E-state index < -0.39 is 0 Å². The van der Waals surface area contributed by atoms with Crippen molar-refractivity contribution in [2.45, 2.75) is 39.0 Å². The standard InChI is InChI=1S/C22H23N7O2/c1-22(2,3)16-14-17(29(27-16)21-23-12-7-13-24-21)25-18(30)10-11-19-26-20(28-31-19)15-8-5-4-6-9-15/h4-9,12-14H,10-11H2,1-3H3,(H,25,30). The van der Waals surface area contributed by atoms with Gasteiger partial charge in [0.1, 0.15) is 5.82 Å². The molecule has 0 aliphatic rings. The summed E-state index contributed by atoms with van der Waals surface area (Å²) < 4.78 is 6.82. The molecule has 0 aliphatic carbocycles. The van der Waals surface area contributed by atoms with Crippen molar-refractivity contribution in [2.24, 2.45) is 0 Å². The minimum absolute atomic E-state index is 0.183. The van der Waals surface area contributed by atoms with Crippen LogP contribution < -0.4 is 5.32 Å². The van der Waals surface area contributed by atoms with Crippen LogP contribution in [0.3, 0.4) is 0 Å². The molecule has 3 heterocycles. The quantitative estimate of drug-likeness (QED) is 0.510. The first-order chi connectivity index (χ1) is 14.9. The van der Waals surface area contributed by atoms with Crippen LogP contribution >= 0.6 is 0 Å². The van der Waals surface area contributed by atoms with Crippen molar-refractivity contribution in [3.05, 3.63) is 66.4 Å². The number of rotatable bonds is 6. The van der Waals surface area contributed by atoms with E-state index in [1.807, 2.05) is 36.4 Å². The van der Waals surface area contributed by atoms with E-state index in [9.17, 15) is 4.79 Å². The summed E-state index contributed by atoms with van der Waals surface area (Å²) in [5, 5.41) is 11.5. The molecule has 0 bridgehead atoms. The Balaban J connectivity index is 1.46. The first kappa shape index (κ1) is 20.4. The van der Waals surface area contributed by atoms with E-state index in [1.54, 1.807) is 23.1 Å². The van der Waals surface area contributed by atoms with Crippen molar-refractivity contribution in [2.75, 3.05) is 5.32 Å². The van der Waals surface area contributed by atoms with Crippen molar-refractivity contribution >= 4 is 11.7 Å². The lowest BCUT2D eigenvalue weighted by Gasteiger charge is -2.13. The number of carbonyl (C=O) groups excluding carboxylic acids is 1. The monoisotopic (exact) mass is 417 g/mol. The topological polar surface area (TPSA) is 112 Å². The van der Waals surface area contributed by atoms with Crippen LogP contribution in [0, 0.1) is 0 Å². The molecule has 158 valence electrons. The zero-order chi connectivity index (χ0) is 21.8. The Morgan fingerprint density at radius 2 is 1.84 bits per heavy atom. The number of anilines is 1. The van der Waals surface area contributed by atoms with Crippen LogP contribution in [0.2, 0.25) is 0 Å². The van der Waals surface area contributed by atoms with Gasteiger partial charge in [0.15, 0.2) is 0 Å². The number of amides is 1. The highest BCUT2D eigenvalue weighted by Crippen LogP contribution is 2.25. The minimum atomic E-state index is -0.197. The van der Waals surface area contributed by atoms with Gasteiger partial charge in [-0.15, -0.1) is 0 Å². The van der Waals surface area contributed by atoms with Crippen LogP contribution in [0.15, 0.2) is 59.4 Å². The largest absolute Gasteiger partial charge is 0.339 e. The fourth-order valence-electron chi connectivity index (χ4n) is 2.88. The van der Waals surface area contributed by atoms with Gasteiger partial charge in [0.25, 0.3) is 5.95 Å². The molecule has 0 atom stereocenters. The summed E-state index contributed by atoms with van der Waals surface area (Å²) >= 11 is 0. The number of carbonyl (C=O) groups is 1. The summed E-state index contributed by atoms with van der Waals surface area (Å²) in [6, 6.07) is 13.1. The molecular formula is C22H23N7O2. The molecule has 0 spiro atoms. The number of nitrogens with zero attached hydrogens (tertiary/aromatic N) is 6. The SMILES string of the molecule is CC(C)(C)c1cc(NC(=O)CCc2nc(-c3ccccc3)no2)n(-c2ncccn2)n1. The lowest BCUT2D eigenvalue weighted by atomic mass is 9.92. The molecule has 3 aromatic heterocycles. The summed E-state index contributed by atoms with van der Waals surface area (Å²) in [6.07, 6.45) is 3.77. The van der Waals surface area contributed by atoms with Gasteiger partial charge in [0.05, 0.1) is 5.69 Å². The lowest BCUT2D eigenvalue weighted by Crippen LogP contribution is -2.16. The van der Waals surface area contributed by atoms with E-state index in [2.05, 4.69) is 51.3 Å². The van der Waals surface area contributed by atoms with Crippen LogP contribution in [0.4, 0.5) is 5.82 Å². The van der Waals surface area contributed by atoms with Crippen LogP contribution in [0.5, 0.6) is 0 Å². The lowest BCUT2D eigenvalue weighted by molar-refractivity contribution is -0.116. The zero-order valence-corrected chi connectivity index (χ0v) is 17.6. The smallest absolute Gasteiger partial charge is 0.252 e. The number of hydrogen-bond acceptors (Lipinski definition) is 7. The van der Waals surface area contributed by atoms with Crippen LogP contribution in [-0.4, -0.2) is 35.8 Å².